The van der Waals surface area contributed by atoms with E-state index in [1.54, 1.807) is 0 Å². The number of hydrogen-bond donors (Lipinski definition) is 1. The zero-order valence-corrected chi connectivity index (χ0v) is 13.3. The fourth-order valence-corrected chi connectivity index (χ4v) is 4.69. The minimum Gasteiger partial charge on any atom is -0.314 e. The lowest BCUT2D eigenvalue weighted by atomic mass is 9.97. The molecule has 0 amide bonds. The number of rotatable bonds is 5. The Morgan fingerprint density at radius 3 is 2.20 bits per heavy atom. The van der Waals surface area contributed by atoms with Gasteiger partial charge in [-0.15, -0.1) is 0 Å². The van der Waals surface area contributed by atoms with Crippen LogP contribution in [0.2, 0.25) is 0 Å². The van der Waals surface area contributed by atoms with Crippen molar-refractivity contribution in [2.24, 2.45) is 17.8 Å². The van der Waals surface area contributed by atoms with Crippen molar-refractivity contribution in [3.63, 3.8) is 0 Å². The zero-order valence-electron chi connectivity index (χ0n) is 13.3. The Morgan fingerprint density at radius 1 is 1.05 bits per heavy atom. The third kappa shape index (κ3) is 2.93. The van der Waals surface area contributed by atoms with E-state index >= 15 is 0 Å². The second-order valence-electron chi connectivity index (χ2n) is 7.05. The van der Waals surface area contributed by atoms with Gasteiger partial charge in [0.05, 0.1) is 0 Å². The molecule has 0 bridgehead atoms. The van der Waals surface area contributed by atoms with Crippen LogP contribution in [0.3, 0.4) is 0 Å². The van der Waals surface area contributed by atoms with Gasteiger partial charge >= 0.3 is 0 Å². The molecule has 0 heterocycles. The van der Waals surface area contributed by atoms with Crippen LogP contribution in [0.25, 0.3) is 0 Å². The van der Waals surface area contributed by atoms with E-state index in [2.05, 4.69) is 44.3 Å². The van der Waals surface area contributed by atoms with Gasteiger partial charge in [-0.25, -0.2) is 0 Å². The molecule has 20 heavy (non-hydrogen) atoms. The lowest BCUT2D eigenvalue weighted by Gasteiger charge is -2.19. The monoisotopic (exact) mass is 271 g/mol. The molecule has 1 N–H and O–H groups in total. The van der Waals surface area contributed by atoms with Crippen LogP contribution in [0.1, 0.15) is 49.3 Å². The van der Waals surface area contributed by atoms with Gasteiger partial charge in [-0.05, 0) is 63.0 Å². The maximum Gasteiger partial charge on any atom is 0.0141 e. The van der Waals surface area contributed by atoms with Gasteiger partial charge in [0.2, 0.25) is 0 Å². The van der Waals surface area contributed by atoms with Gasteiger partial charge in [0.25, 0.3) is 0 Å². The van der Waals surface area contributed by atoms with E-state index < -0.39 is 0 Å². The Bertz CT molecular complexity index is 433. The molecule has 0 spiro atoms. The van der Waals surface area contributed by atoms with Crippen molar-refractivity contribution in [3.8, 4) is 0 Å². The lowest BCUT2D eigenvalue weighted by Crippen LogP contribution is -2.34. The minimum atomic E-state index is 0.703. The summed E-state index contributed by atoms with van der Waals surface area (Å²) in [5.74, 6) is 3.04. The highest BCUT2D eigenvalue weighted by atomic mass is 14.9. The summed E-state index contributed by atoms with van der Waals surface area (Å²) < 4.78 is 0. The molecule has 0 aliphatic heterocycles. The summed E-state index contributed by atoms with van der Waals surface area (Å²) in [5, 5.41) is 3.79. The Morgan fingerprint density at radius 2 is 1.65 bits per heavy atom. The minimum absolute atomic E-state index is 0.703. The number of hydrogen-bond acceptors (Lipinski definition) is 1. The van der Waals surface area contributed by atoms with Crippen LogP contribution >= 0.6 is 0 Å². The van der Waals surface area contributed by atoms with Crippen molar-refractivity contribution in [2.45, 2.75) is 58.9 Å². The number of aryl methyl sites for hydroxylation is 2. The topological polar surface area (TPSA) is 12.0 Å². The summed E-state index contributed by atoms with van der Waals surface area (Å²) in [6.07, 6.45) is 7.14. The molecule has 0 aromatic heterocycles. The Balaban J connectivity index is 1.71. The van der Waals surface area contributed by atoms with Crippen LogP contribution in [0, 0.1) is 31.6 Å². The predicted octanol–water partition coefficient (Wildman–Crippen LogP) is 4.26. The largest absolute Gasteiger partial charge is 0.314 e. The van der Waals surface area contributed by atoms with E-state index in [4.69, 9.17) is 0 Å². The standard InChI is InChI=1S/C19H29N/c1-4-20-18(19-16-7-5-6-8-17(16)19)12-15-10-13(2)9-14(3)11-15/h9-11,16-20H,4-8,12H2,1-3H3. The molecule has 2 aliphatic rings. The first-order chi connectivity index (χ1) is 9.69. The Labute approximate surface area is 124 Å². The van der Waals surface area contributed by atoms with Gasteiger partial charge < -0.3 is 5.32 Å². The summed E-state index contributed by atoms with van der Waals surface area (Å²) >= 11 is 0. The molecule has 1 aromatic carbocycles. The molecule has 1 aromatic rings. The van der Waals surface area contributed by atoms with Crippen molar-refractivity contribution in [1.29, 1.82) is 0 Å². The van der Waals surface area contributed by atoms with Gasteiger partial charge in [-0.2, -0.15) is 0 Å². The number of fused-ring (bicyclic) bond motifs is 1. The quantitative estimate of drug-likeness (QED) is 0.843. The normalized spacial score (nSPS) is 29.9. The average molecular weight is 271 g/mol. The number of benzene rings is 1. The molecule has 0 saturated heterocycles. The third-order valence-electron chi connectivity index (χ3n) is 5.39. The van der Waals surface area contributed by atoms with Crippen LogP contribution < -0.4 is 5.32 Å². The Kier molecular flexibility index (Phi) is 4.16. The van der Waals surface area contributed by atoms with E-state index in [1.165, 1.54) is 48.8 Å². The Hall–Kier alpha value is -0.820. The van der Waals surface area contributed by atoms with Crippen LogP contribution in [-0.2, 0) is 6.42 Å². The van der Waals surface area contributed by atoms with Gasteiger partial charge in [-0.3, -0.25) is 0 Å². The van der Waals surface area contributed by atoms with Gasteiger partial charge in [0.15, 0.2) is 0 Å². The van der Waals surface area contributed by atoms with Crippen LogP contribution in [0.4, 0.5) is 0 Å². The van der Waals surface area contributed by atoms with Crippen LogP contribution in [-0.4, -0.2) is 12.6 Å². The van der Waals surface area contributed by atoms with Crippen molar-refractivity contribution < 1.29 is 0 Å². The highest BCUT2D eigenvalue weighted by Crippen LogP contribution is 2.57. The molecule has 3 rings (SSSR count). The summed E-state index contributed by atoms with van der Waals surface area (Å²) in [6, 6.07) is 7.74. The molecule has 1 nitrogen and oxygen atoms in total. The lowest BCUT2D eigenvalue weighted by molar-refractivity contribution is 0.437. The van der Waals surface area contributed by atoms with E-state index in [-0.39, 0.29) is 0 Å². The van der Waals surface area contributed by atoms with Crippen molar-refractivity contribution in [2.75, 3.05) is 6.54 Å². The summed E-state index contributed by atoms with van der Waals surface area (Å²) in [5.41, 5.74) is 4.34. The fourth-order valence-electron chi connectivity index (χ4n) is 4.69. The fraction of sp³-hybridized carbons (Fsp3) is 0.684. The highest BCUT2D eigenvalue weighted by Gasteiger charge is 2.53. The molecular formula is C19H29N. The molecule has 1 heteroatoms. The molecule has 3 unspecified atom stereocenters. The predicted molar refractivity (Wildman–Crippen MR) is 86.0 cm³/mol. The van der Waals surface area contributed by atoms with Crippen molar-refractivity contribution in [3.05, 3.63) is 34.9 Å². The van der Waals surface area contributed by atoms with E-state index in [0.717, 1.165) is 24.3 Å². The smallest absolute Gasteiger partial charge is 0.0141 e. The van der Waals surface area contributed by atoms with Crippen molar-refractivity contribution >= 4 is 0 Å². The van der Waals surface area contributed by atoms with E-state index in [9.17, 15) is 0 Å². The molecular weight excluding hydrogens is 242 g/mol. The maximum atomic E-state index is 3.79. The second kappa shape index (κ2) is 5.89. The van der Waals surface area contributed by atoms with Crippen molar-refractivity contribution in [1.82, 2.24) is 5.32 Å². The summed E-state index contributed by atoms with van der Waals surface area (Å²) in [6.45, 7) is 7.79. The van der Waals surface area contributed by atoms with Crippen LogP contribution in [0.5, 0.6) is 0 Å². The first kappa shape index (κ1) is 14.1. The number of likely N-dealkylation sites (N-methyl/N-ethyl adjacent to an activating group) is 1. The molecule has 2 aliphatic carbocycles. The first-order valence-electron chi connectivity index (χ1n) is 8.49. The molecule has 110 valence electrons. The summed E-state index contributed by atoms with van der Waals surface area (Å²) in [4.78, 5) is 0. The van der Waals surface area contributed by atoms with Gasteiger partial charge in [-0.1, -0.05) is 49.1 Å². The van der Waals surface area contributed by atoms with E-state index in [1.807, 2.05) is 0 Å². The molecule has 2 fully saturated rings. The van der Waals surface area contributed by atoms with Crippen LogP contribution in [0.15, 0.2) is 18.2 Å². The second-order valence-corrected chi connectivity index (χ2v) is 7.05. The zero-order chi connectivity index (χ0) is 14.1. The van der Waals surface area contributed by atoms with Gasteiger partial charge in [0.1, 0.15) is 0 Å². The van der Waals surface area contributed by atoms with Gasteiger partial charge in [0, 0.05) is 6.04 Å². The SMILES string of the molecule is CCNC(Cc1cc(C)cc(C)c1)C1C2CCCCC21. The van der Waals surface area contributed by atoms with E-state index in [0.29, 0.717) is 6.04 Å². The highest BCUT2D eigenvalue weighted by molar-refractivity contribution is 5.29. The first-order valence-corrected chi connectivity index (χ1v) is 8.49. The molecule has 0 radical (unpaired) electrons. The maximum absolute atomic E-state index is 3.79. The third-order valence-corrected chi connectivity index (χ3v) is 5.39. The average Bonchev–Trinajstić information content (AvgIpc) is 3.11. The molecule has 2 saturated carbocycles. The summed E-state index contributed by atoms with van der Waals surface area (Å²) in [7, 11) is 0. The molecule has 3 atom stereocenters. The number of nitrogens with one attached hydrogen (secondary N) is 1.